The van der Waals surface area contributed by atoms with E-state index in [1.807, 2.05) is 24.3 Å². The summed E-state index contributed by atoms with van der Waals surface area (Å²) in [6, 6.07) is 6.60. The minimum Gasteiger partial charge on any atom is -0.480 e. The number of aromatic nitrogens is 3. The van der Waals surface area contributed by atoms with Gasteiger partial charge in [0.1, 0.15) is 11.9 Å². The van der Waals surface area contributed by atoms with Gasteiger partial charge in [-0.25, -0.2) is 4.98 Å². The lowest BCUT2D eigenvalue weighted by Gasteiger charge is -2.21. The van der Waals surface area contributed by atoms with Gasteiger partial charge < -0.3 is 34.1 Å². The fraction of sp³-hybridized carbons (Fsp3) is 0.480. The maximum absolute atomic E-state index is 12.3. The van der Waals surface area contributed by atoms with Gasteiger partial charge in [0.05, 0.1) is 36.4 Å². The average molecular weight is 487 g/mol. The lowest BCUT2D eigenvalue weighted by Crippen LogP contribution is -2.45. The second kappa shape index (κ2) is 11.6. The smallest absolute Gasteiger partial charge is 0.323 e. The number of carboxylic acid groups (broad SMARTS) is 1. The summed E-state index contributed by atoms with van der Waals surface area (Å²) in [6.07, 6.45) is 1.33. The zero-order valence-corrected chi connectivity index (χ0v) is 20.8. The maximum atomic E-state index is 12.3. The van der Waals surface area contributed by atoms with Crippen molar-refractivity contribution in [3.05, 3.63) is 51.9 Å². The van der Waals surface area contributed by atoms with Crippen LogP contribution in [-0.2, 0) is 27.7 Å². The molecule has 3 aromatic rings. The fourth-order valence-corrected chi connectivity index (χ4v) is 4.29. The SMILES string of the molecule is COCC(COC)n1c(-c2cc(C)c(=O)n(C)c2)nc2cc(CCNC(C(=O)O)C(C)O)ccc21. The summed E-state index contributed by atoms with van der Waals surface area (Å²) in [5.41, 5.74) is 4.01. The molecule has 10 heteroatoms. The van der Waals surface area contributed by atoms with Gasteiger partial charge in [0.2, 0.25) is 0 Å². The number of rotatable bonds is 12. The first kappa shape index (κ1) is 26.6. The second-order valence-electron chi connectivity index (χ2n) is 8.78. The van der Waals surface area contributed by atoms with Crippen LogP contribution < -0.4 is 10.9 Å². The quantitative estimate of drug-likeness (QED) is 0.352. The lowest BCUT2D eigenvalue weighted by molar-refractivity contribution is -0.142. The summed E-state index contributed by atoms with van der Waals surface area (Å²) in [4.78, 5) is 28.5. The highest BCUT2D eigenvalue weighted by atomic mass is 16.5. The Balaban J connectivity index is 2.03. The van der Waals surface area contributed by atoms with Crippen molar-refractivity contribution in [3.63, 3.8) is 0 Å². The molecular weight excluding hydrogens is 452 g/mol. The molecule has 2 aromatic heterocycles. The zero-order valence-electron chi connectivity index (χ0n) is 20.8. The van der Waals surface area contributed by atoms with Crippen molar-refractivity contribution in [2.75, 3.05) is 34.0 Å². The molecule has 0 bridgehead atoms. The number of fused-ring (bicyclic) bond motifs is 1. The monoisotopic (exact) mass is 486 g/mol. The standard InChI is InChI=1S/C25H34N4O6/c1-15-10-18(12-28(3)24(15)31)23-27-20-11-17(8-9-26-22(16(2)30)25(32)33)6-7-21(20)29(23)19(13-34-4)14-35-5/h6-7,10-12,16,19,22,26,30H,8-9,13-14H2,1-5H3,(H,32,33). The highest BCUT2D eigenvalue weighted by Crippen LogP contribution is 2.29. The first-order valence-corrected chi connectivity index (χ1v) is 11.5. The van der Waals surface area contributed by atoms with E-state index < -0.39 is 18.1 Å². The van der Waals surface area contributed by atoms with Gasteiger partial charge in [-0.3, -0.25) is 9.59 Å². The number of nitrogens with one attached hydrogen (secondary N) is 1. The van der Waals surface area contributed by atoms with E-state index in [0.717, 1.165) is 22.2 Å². The van der Waals surface area contributed by atoms with Crippen molar-refractivity contribution < 1.29 is 24.5 Å². The van der Waals surface area contributed by atoms with Crippen LogP contribution in [0.15, 0.2) is 35.3 Å². The molecule has 2 heterocycles. The third-order valence-electron chi connectivity index (χ3n) is 5.98. The predicted octanol–water partition coefficient (Wildman–Crippen LogP) is 1.51. The molecule has 0 spiro atoms. The van der Waals surface area contributed by atoms with Gasteiger partial charge in [-0.15, -0.1) is 0 Å². The van der Waals surface area contributed by atoms with Crippen molar-refractivity contribution >= 4 is 17.0 Å². The Bertz CT molecular complexity index is 1200. The summed E-state index contributed by atoms with van der Waals surface area (Å²) >= 11 is 0. The molecule has 2 unspecified atom stereocenters. The largest absolute Gasteiger partial charge is 0.480 e. The third-order valence-corrected chi connectivity index (χ3v) is 5.98. The van der Waals surface area contributed by atoms with Crippen LogP contribution in [0.25, 0.3) is 22.4 Å². The predicted molar refractivity (Wildman–Crippen MR) is 133 cm³/mol. The summed E-state index contributed by atoms with van der Waals surface area (Å²) in [6.45, 7) is 4.45. The van der Waals surface area contributed by atoms with Crippen molar-refractivity contribution in [1.29, 1.82) is 0 Å². The van der Waals surface area contributed by atoms with Gasteiger partial charge in [0, 0.05) is 45.1 Å². The Morgan fingerprint density at radius 2 is 1.89 bits per heavy atom. The first-order chi connectivity index (χ1) is 16.7. The van der Waals surface area contributed by atoms with Crippen molar-refractivity contribution in [2.24, 2.45) is 7.05 Å². The number of nitrogens with zero attached hydrogens (tertiary/aromatic N) is 3. The number of aliphatic hydroxyl groups is 1. The molecule has 0 aliphatic rings. The summed E-state index contributed by atoms with van der Waals surface area (Å²) in [7, 11) is 5.00. The van der Waals surface area contributed by atoms with E-state index in [0.29, 0.717) is 37.6 Å². The van der Waals surface area contributed by atoms with Gasteiger partial charge >= 0.3 is 5.97 Å². The number of pyridine rings is 1. The van der Waals surface area contributed by atoms with Gasteiger partial charge in [-0.05, 0) is 44.0 Å². The Morgan fingerprint density at radius 3 is 2.46 bits per heavy atom. The molecule has 3 rings (SSSR count). The molecule has 0 aliphatic carbocycles. The average Bonchev–Trinajstić information content (AvgIpc) is 3.18. The number of imidazole rings is 1. The zero-order chi connectivity index (χ0) is 25.7. The number of methoxy groups -OCH3 is 2. The topological polar surface area (TPSA) is 128 Å². The number of aliphatic hydroxyl groups excluding tert-OH is 1. The van der Waals surface area contributed by atoms with E-state index in [1.54, 1.807) is 39.0 Å². The van der Waals surface area contributed by atoms with Gasteiger partial charge in [0.25, 0.3) is 5.56 Å². The molecule has 35 heavy (non-hydrogen) atoms. The molecule has 0 aliphatic heterocycles. The molecule has 0 saturated carbocycles. The Hall–Kier alpha value is -3.05. The first-order valence-electron chi connectivity index (χ1n) is 11.5. The fourth-order valence-electron chi connectivity index (χ4n) is 4.29. The molecule has 1 aromatic carbocycles. The number of ether oxygens (including phenoxy) is 2. The van der Waals surface area contributed by atoms with Crippen molar-refractivity contribution in [2.45, 2.75) is 38.5 Å². The van der Waals surface area contributed by atoms with Crippen LogP contribution >= 0.6 is 0 Å². The summed E-state index contributed by atoms with van der Waals surface area (Å²) < 4.78 is 14.6. The normalized spacial score (nSPS) is 13.5. The summed E-state index contributed by atoms with van der Waals surface area (Å²) in [5.74, 6) is -0.387. The number of carboxylic acids is 1. The number of hydrogen-bond acceptors (Lipinski definition) is 7. The van der Waals surface area contributed by atoms with Crippen molar-refractivity contribution in [3.8, 4) is 11.4 Å². The van der Waals surface area contributed by atoms with E-state index >= 15 is 0 Å². The lowest BCUT2D eigenvalue weighted by atomic mass is 10.1. The number of carbonyl (C=O) groups is 1. The number of aryl methyl sites for hydroxylation is 2. The molecule has 0 fully saturated rings. The van der Waals surface area contributed by atoms with Gasteiger partial charge in [0.15, 0.2) is 0 Å². The number of hydrogen-bond donors (Lipinski definition) is 3. The van der Waals surface area contributed by atoms with Crippen LogP contribution in [0, 0.1) is 6.92 Å². The molecule has 0 saturated heterocycles. The van der Waals surface area contributed by atoms with Crippen LogP contribution in [0.1, 0.15) is 24.1 Å². The number of aliphatic carboxylic acids is 1. The van der Waals surface area contributed by atoms with E-state index in [1.165, 1.54) is 6.92 Å². The van der Waals surface area contributed by atoms with E-state index in [-0.39, 0.29) is 11.6 Å². The Labute approximate surface area is 204 Å². The van der Waals surface area contributed by atoms with Gasteiger partial charge in [-0.2, -0.15) is 0 Å². The van der Waals surface area contributed by atoms with Crippen LogP contribution in [0.4, 0.5) is 0 Å². The molecular formula is C25H34N4O6. The van der Waals surface area contributed by atoms with Crippen LogP contribution in [0.2, 0.25) is 0 Å². The van der Waals surface area contributed by atoms with E-state index in [4.69, 9.17) is 14.5 Å². The van der Waals surface area contributed by atoms with E-state index in [9.17, 15) is 19.8 Å². The molecule has 10 nitrogen and oxygen atoms in total. The Morgan fingerprint density at radius 1 is 1.20 bits per heavy atom. The molecule has 0 radical (unpaired) electrons. The third kappa shape index (κ3) is 5.96. The summed E-state index contributed by atoms with van der Waals surface area (Å²) in [5, 5.41) is 21.8. The van der Waals surface area contributed by atoms with Crippen LogP contribution in [0.5, 0.6) is 0 Å². The number of benzene rings is 1. The van der Waals surface area contributed by atoms with Crippen LogP contribution in [-0.4, -0.2) is 76.4 Å². The van der Waals surface area contributed by atoms with E-state index in [2.05, 4.69) is 9.88 Å². The molecule has 2 atom stereocenters. The second-order valence-corrected chi connectivity index (χ2v) is 8.78. The highest BCUT2D eigenvalue weighted by Gasteiger charge is 2.23. The Kier molecular flexibility index (Phi) is 8.79. The van der Waals surface area contributed by atoms with Gasteiger partial charge in [-0.1, -0.05) is 6.07 Å². The highest BCUT2D eigenvalue weighted by molar-refractivity contribution is 5.81. The van der Waals surface area contributed by atoms with Crippen molar-refractivity contribution in [1.82, 2.24) is 19.4 Å². The molecule has 190 valence electrons. The molecule has 0 amide bonds. The van der Waals surface area contributed by atoms with Crippen LogP contribution in [0.3, 0.4) is 0 Å². The minimum absolute atomic E-state index is 0.0617. The maximum Gasteiger partial charge on any atom is 0.323 e. The molecule has 3 N–H and O–H groups in total. The minimum atomic E-state index is -1.09.